The number of carbonyl (C=O) groups is 1. The van der Waals surface area contributed by atoms with Gasteiger partial charge in [-0.05, 0) is 30.3 Å². The van der Waals surface area contributed by atoms with Crippen molar-refractivity contribution >= 4 is 5.97 Å². The van der Waals surface area contributed by atoms with Crippen molar-refractivity contribution < 1.29 is 19.0 Å². The zero-order valence-corrected chi connectivity index (χ0v) is 12.4. The van der Waals surface area contributed by atoms with E-state index < -0.39 is 24.1 Å². The summed E-state index contributed by atoms with van der Waals surface area (Å²) >= 11 is 0. The average Bonchev–Trinajstić information content (AvgIpc) is 3.05. The summed E-state index contributed by atoms with van der Waals surface area (Å²) in [5.74, 6) is 4.38. The van der Waals surface area contributed by atoms with E-state index in [1.165, 1.54) is 18.2 Å². The van der Waals surface area contributed by atoms with Crippen LogP contribution < -0.4 is 21.1 Å². The van der Waals surface area contributed by atoms with Crippen LogP contribution in [0.3, 0.4) is 0 Å². The number of nitrogens with one attached hydrogen (secondary N) is 3. The lowest BCUT2D eigenvalue weighted by Crippen LogP contribution is -2.44. The molecule has 4 N–H and O–H groups in total. The Morgan fingerprint density at radius 1 is 1.12 bits per heavy atom. The van der Waals surface area contributed by atoms with Gasteiger partial charge in [-0.3, -0.25) is 4.79 Å². The van der Waals surface area contributed by atoms with Crippen LogP contribution in [0.5, 0.6) is 5.75 Å². The van der Waals surface area contributed by atoms with Gasteiger partial charge in [-0.15, -0.1) is 0 Å². The number of hydrogen-bond donors (Lipinski definition) is 4. The van der Waals surface area contributed by atoms with Gasteiger partial charge < -0.3 is 9.84 Å². The highest BCUT2D eigenvalue weighted by atomic mass is 19.1. The molecule has 0 spiro atoms. The van der Waals surface area contributed by atoms with Crippen LogP contribution in [0.1, 0.15) is 11.1 Å². The number of carboxylic acids is 1. The van der Waals surface area contributed by atoms with Crippen molar-refractivity contribution in [2.24, 2.45) is 0 Å². The maximum Gasteiger partial charge on any atom is 0.327 e. The summed E-state index contributed by atoms with van der Waals surface area (Å²) in [6, 6.07) is 12.3. The van der Waals surface area contributed by atoms with Crippen LogP contribution in [0.15, 0.2) is 48.5 Å². The monoisotopic (exact) mass is 327 g/mol. The summed E-state index contributed by atoms with van der Waals surface area (Å²) in [5, 5.41) is 9.07. The molecular weight excluding hydrogens is 313 g/mol. The SMILES string of the molecule is O=C(O)C1NNNC1Oc1ccc(F)c(C#Cc2ccccc2)c1. The molecule has 1 fully saturated rings. The first-order valence-electron chi connectivity index (χ1n) is 7.15. The molecule has 2 aromatic rings. The molecule has 1 aliphatic rings. The van der Waals surface area contributed by atoms with Gasteiger partial charge in [0.25, 0.3) is 0 Å². The quantitative estimate of drug-likeness (QED) is 0.630. The predicted molar refractivity (Wildman–Crippen MR) is 84.1 cm³/mol. The normalized spacial score (nSPS) is 19.4. The molecule has 2 atom stereocenters. The second-order valence-electron chi connectivity index (χ2n) is 5.03. The summed E-state index contributed by atoms with van der Waals surface area (Å²) in [4.78, 5) is 11.1. The topological polar surface area (TPSA) is 82.6 Å². The minimum Gasteiger partial charge on any atom is -0.480 e. The molecule has 0 bridgehead atoms. The van der Waals surface area contributed by atoms with E-state index in [4.69, 9.17) is 9.84 Å². The third-order valence-corrected chi connectivity index (χ3v) is 3.33. The number of hydrogen-bond acceptors (Lipinski definition) is 5. The molecule has 1 aliphatic heterocycles. The highest BCUT2D eigenvalue weighted by Gasteiger charge is 2.34. The molecular formula is C17H14FN3O3. The first kappa shape index (κ1) is 16.0. The smallest absolute Gasteiger partial charge is 0.327 e. The first-order chi connectivity index (χ1) is 11.6. The van der Waals surface area contributed by atoms with Gasteiger partial charge in [-0.2, -0.15) is 5.53 Å². The molecule has 0 amide bonds. The number of carboxylic acid groups (broad SMARTS) is 1. The van der Waals surface area contributed by atoms with Crippen molar-refractivity contribution in [3.05, 3.63) is 65.5 Å². The maximum absolute atomic E-state index is 13.9. The van der Waals surface area contributed by atoms with Crippen molar-refractivity contribution in [1.82, 2.24) is 16.4 Å². The molecule has 24 heavy (non-hydrogen) atoms. The van der Waals surface area contributed by atoms with Crippen LogP contribution in [0.25, 0.3) is 0 Å². The lowest BCUT2D eigenvalue weighted by atomic mass is 10.1. The van der Waals surface area contributed by atoms with Gasteiger partial charge in [0.15, 0.2) is 12.3 Å². The number of hydrazine groups is 2. The van der Waals surface area contributed by atoms with Crippen molar-refractivity contribution in [2.45, 2.75) is 12.3 Å². The fourth-order valence-corrected chi connectivity index (χ4v) is 2.12. The average molecular weight is 327 g/mol. The van der Waals surface area contributed by atoms with Crippen LogP contribution in [0.2, 0.25) is 0 Å². The third kappa shape index (κ3) is 3.70. The Hall–Kier alpha value is -2.92. The second kappa shape index (κ2) is 7.10. The summed E-state index contributed by atoms with van der Waals surface area (Å²) in [5.41, 5.74) is 8.57. The molecule has 0 radical (unpaired) electrons. The fraction of sp³-hybridized carbons (Fsp3) is 0.118. The molecule has 6 nitrogen and oxygen atoms in total. The molecule has 0 aromatic heterocycles. The van der Waals surface area contributed by atoms with E-state index in [0.29, 0.717) is 5.75 Å². The molecule has 122 valence electrons. The van der Waals surface area contributed by atoms with Crippen LogP contribution >= 0.6 is 0 Å². The van der Waals surface area contributed by atoms with E-state index in [1.54, 1.807) is 0 Å². The number of halogens is 1. The third-order valence-electron chi connectivity index (χ3n) is 3.33. The highest BCUT2D eigenvalue weighted by Crippen LogP contribution is 2.18. The van der Waals surface area contributed by atoms with Gasteiger partial charge in [0.2, 0.25) is 0 Å². The van der Waals surface area contributed by atoms with Crippen molar-refractivity contribution in [2.75, 3.05) is 0 Å². The van der Waals surface area contributed by atoms with Crippen LogP contribution in [0.4, 0.5) is 4.39 Å². The van der Waals surface area contributed by atoms with Gasteiger partial charge in [0.1, 0.15) is 11.6 Å². The van der Waals surface area contributed by atoms with Gasteiger partial charge in [-0.25, -0.2) is 15.2 Å². The summed E-state index contributed by atoms with van der Waals surface area (Å²) < 4.78 is 19.4. The van der Waals surface area contributed by atoms with E-state index in [9.17, 15) is 9.18 Å². The minimum atomic E-state index is -1.08. The Morgan fingerprint density at radius 2 is 1.92 bits per heavy atom. The standard InChI is InChI=1S/C17H14FN3O3/c18-14-9-8-13(24-16-15(17(22)23)19-21-20-16)10-12(14)7-6-11-4-2-1-3-5-11/h1-5,8-10,15-16,19-21H,(H,22,23). The predicted octanol–water partition coefficient (Wildman–Crippen LogP) is 0.996. The van der Waals surface area contributed by atoms with Gasteiger partial charge in [-0.1, -0.05) is 30.0 Å². The molecule has 3 rings (SSSR count). The Morgan fingerprint density at radius 3 is 2.67 bits per heavy atom. The summed E-state index contributed by atoms with van der Waals surface area (Å²) in [7, 11) is 0. The van der Waals surface area contributed by atoms with E-state index in [2.05, 4.69) is 28.2 Å². The molecule has 1 saturated heterocycles. The zero-order valence-electron chi connectivity index (χ0n) is 12.4. The molecule has 2 unspecified atom stereocenters. The number of rotatable bonds is 3. The lowest BCUT2D eigenvalue weighted by molar-refractivity contribution is -0.141. The fourth-order valence-electron chi connectivity index (χ4n) is 2.12. The lowest BCUT2D eigenvalue weighted by Gasteiger charge is -2.16. The number of ether oxygens (including phenoxy) is 1. The molecule has 0 aliphatic carbocycles. The van der Waals surface area contributed by atoms with Crippen molar-refractivity contribution in [3.63, 3.8) is 0 Å². The van der Waals surface area contributed by atoms with Crippen molar-refractivity contribution in [1.29, 1.82) is 0 Å². The van der Waals surface area contributed by atoms with E-state index in [1.807, 2.05) is 30.3 Å². The number of benzene rings is 2. The van der Waals surface area contributed by atoms with Gasteiger partial charge in [0.05, 0.1) is 5.56 Å². The number of aliphatic carboxylic acids is 1. The molecule has 1 heterocycles. The largest absolute Gasteiger partial charge is 0.480 e. The van der Waals surface area contributed by atoms with E-state index in [0.717, 1.165) is 5.56 Å². The molecule has 2 aromatic carbocycles. The van der Waals surface area contributed by atoms with Gasteiger partial charge >= 0.3 is 5.97 Å². The van der Waals surface area contributed by atoms with E-state index in [-0.39, 0.29) is 5.56 Å². The Balaban J connectivity index is 1.79. The Kier molecular flexibility index (Phi) is 4.72. The minimum absolute atomic E-state index is 0.169. The molecule has 7 heteroatoms. The van der Waals surface area contributed by atoms with Crippen molar-refractivity contribution in [3.8, 4) is 17.6 Å². The summed E-state index contributed by atoms with van der Waals surface area (Å²) in [6.45, 7) is 0. The highest BCUT2D eigenvalue weighted by molar-refractivity contribution is 5.74. The van der Waals surface area contributed by atoms with E-state index >= 15 is 0 Å². The summed E-state index contributed by atoms with van der Waals surface area (Å²) in [6.07, 6.45) is -0.845. The molecule has 0 saturated carbocycles. The van der Waals surface area contributed by atoms with Crippen LogP contribution in [0, 0.1) is 17.7 Å². The Labute approximate surface area is 137 Å². The first-order valence-corrected chi connectivity index (χ1v) is 7.15. The Bertz CT molecular complexity index is 802. The second-order valence-corrected chi connectivity index (χ2v) is 5.03. The zero-order chi connectivity index (χ0) is 16.9. The van der Waals surface area contributed by atoms with Crippen LogP contribution in [-0.2, 0) is 4.79 Å². The van der Waals surface area contributed by atoms with Gasteiger partial charge in [0, 0.05) is 5.56 Å². The maximum atomic E-state index is 13.9. The van der Waals surface area contributed by atoms with Crippen LogP contribution in [-0.4, -0.2) is 23.3 Å².